The Balaban J connectivity index is 2.03. The van der Waals surface area contributed by atoms with Gasteiger partial charge in [-0.05, 0) is 25.1 Å². The van der Waals surface area contributed by atoms with Crippen LogP contribution in [0.3, 0.4) is 0 Å². The molecule has 0 unspecified atom stereocenters. The van der Waals surface area contributed by atoms with Gasteiger partial charge in [-0.3, -0.25) is 20.3 Å². The number of rotatable bonds is 5. The topological polar surface area (TPSA) is 125 Å². The maximum absolute atomic E-state index is 11.2. The lowest BCUT2D eigenvalue weighted by Crippen LogP contribution is -2.30. The molecule has 0 aliphatic rings. The number of amides is 1. The van der Waals surface area contributed by atoms with Gasteiger partial charge in [-0.15, -0.1) is 0 Å². The zero-order valence-electron chi connectivity index (χ0n) is 11.1. The smallest absolute Gasteiger partial charge is 0.285 e. The fourth-order valence-electron chi connectivity index (χ4n) is 1.69. The van der Waals surface area contributed by atoms with Crippen LogP contribution in [0.4, 0.5) is 5.69 Å². The second-order valence-corrected chi connectivity index (χ2v) is 4.19. The van der Waals surface area contributed by atoms with Gasteiger partial charge in [0.05, 0.1) is 4.92 Å². The number of nitro groups is 1. The number of aryl methyl sites for hydroxylation is 1. The van der Waals surface area contributed by atoms with Crippen LogP contribution in [0.15, 0.2) is 30.5 Å². The van der Waals surface area contributed by atoms with E-state index in [0.717, 1.165) is 0 Å². The Labute approximate surface area is 119 Å². The van der Waals surface area contributed by atoms with Gasteiger partial charge in [-0.2, -0.15) is 5.10 Å². The predicted molar refractivity (Wildman–Crippen MR) is 72.3 cm³/mol. The van der Waals surface area contributed by atoms with Gasteiger partial charge in [0.15, 0.2) is 12.4 Å². The van der Waals surface area contributed by atoms with E-state index in [-0.39, 0.29) is 18.1 Å². The van der Waals surface area contributed by atoms with Crippen molar-refractivity contribution in [3.05, 3.63) is 51.8 Å². The molecule has 3 N–H and O–H groups in total. The summed E-state index contributed by atoms with van der Waals surface area (Å²) in [5, 5.41) is 14.7. The van der Waals surface area contributed by atoms with Gasteiger partial charge in [-0.1, -0.05) is 0 Å². The van der Waals surface area contributed by atoms with Crippen molar-refractivity contribution in [3.8, 4) is 5.75 Å². The molecule has 0 aliphatic carbocycles. The highest BCUT2D eigenvalue weighted by atomic mass is 16.6. The van der Waals surface area contributed by atoms with Crippen LogP contribution in [-0.4, -0.2) is 20.6 Å². The van der Waals surface area contributed by atoms with E-state index >= 15 is 0 Å². The van der Waals surface area contributed by atoms with Gasteiger partial charge in [0.1, 0.15) is 5.75 Å². The number of hydrogen-bond donors (Lipinski definition) is 2. The van der Waals surface area contributed by atoms with Crippen LogP contribution in [0, 0.1) is 17.0 Å². The number of carbonyl (C=O) groups excluding carboxylic acids is 1. The molecule has 9 heteroatoms. The molecule has 21 heavy (non-hydrogen) atoms. The Hall–Kier alpha value is -2.94. The summed E-state index contributed by atoms with van der Waals surface area (Å²) in [5.41, 5.74) is 2.67. The molecule has 2 rings (SSSR count). The minimum atomic E-state index is -0.500. The molecule has 1 aromatic heterocycles. The molecule has 0 bridgehead atoms. The number of nitro benzene ring substituents is 1. The SMILES string of the molecule is Cc1cc(OCn2ccc(C(=O)NN)n2)ccc1[N+](=O)[O-]. The van der Waals surface area contributed by atoms with Crippen molar-refractivity contribution in [1.82, 2.24) is 15.2 Å². The number of aromatic nitrogens is 2. The van der Waals surface area contributed by atoms with Crippen LogP contribution >= 0.6 is 0 Å². The van der Waals surface area contributed by atoms with Gasteiger partial charge in [-0.25, -0.2) is 10.5 Å². The van der Waals surface area contributed by atoms with Crippen LogP contribution in [0.1, 0.15) is 16.1 Å². The first-order valence-corrected chi connectivity index (χ1v) is 5.93. The summed E-state index contributed by atoms with van der Waals surface area (Å²) in [6.45, 7) is 1.69. The summed E-state index contributed by atoms with van der Waals surface area (Å²) in [6, 6.07) is 5.94. The number of carbonyl (C=O) groups is 1. The zero-order chi connectivity index (χ0) is 15.4. The van der Waals surface area contributed by atoms with Crippen molar-refractivity contribution in [2.24, 2.45) is 5.84 Å². The molecular weight excluding hydrogens is 278 g/mol. The standard InChI is InChI=1S/C12H13N5O4/c1-8-6-9(2-3-11(8)17(19)20)21-7-16-5-4-10(15-16)12(18)14-13/h2-6H,7,13H2,1H3,(H,14,18). The number of nitrogens with two attached hydrogens (primary N) is 1. The first-order valence-electron chi connectivity index (χ1n) is 5.93. The molecule has 1 amide bonds. The molecule has 9 nitrogen and oxygen atoms in total. The molecule has 1 aromatic carbocycles. The number of hydrazine groups is 1. The monoisotopic (exact) mass is 291 g/mol. The van der Waals surface area contributed by atoms with Gasteiger partial charge in [0.2, 0.25) is 0 Å². The Kier molecular flexibility index (Phi) is 4.14. The third kappa shape index (κ3) is 3.34. The van der Waals surface area contributed by atoms with Crippen molar-refractivity contribution >= 4 is 11.6 Å². The van der Waals surface area contributed by atoms with Gasteiger partial charge in [0, 0.05) is 17.8 Å². The molecule has 0 aliphatic heterocycles. The van der Waals surface area contributed by atoms with E-state index in [2.05, 4.69) is 5.10 Å². The summed E-state index contributed by atoms with van der Waals surface area (Å²) in [4.78, 5) is 21.5. The first kappa shape index (κ1) is 14.5. The number of ether oxygens (including phenoxy) is 1. The fraction of sp³-hybridized carbons (Fsp3) is 0.167. The van der Waals surface area contributed by atoms with E-state index in [1.54, 1.807) is 19.2 Å². The Morgan fingerprint density at radius 3 is 2.90 bits per heavy atom. The lowest BCUT2D eigenvalue weighted by atomic mass is 10.2. The zero-order valence-corrected chi connectivity index (χ0v) is 11.1. The average molecular weight is 291 g/mol. The Morgan fingerprint density at radius 1 is 1.52 bits per heavy atom. The predicted octanol–water partition coefficient (Wildman–Crippen LogP) is 0.740. The normalized spacial score (nSPS) is 10.2. The first-order chi connectivity index (χ1) is 10.0. The molecule has 1 heterocycles. The maximum atomic E-state index is 11.2. The van der Waals surface area contributed by atoms with E-state index in [1.807, 2.05) is 5.43 Å². The summed E-state index contributed by atoms with van der Waals surface area (Å²) >= 11 is 0. The van der Waals surface area contributed by atoms with Crippen LogP contribution in [0.2, 0.25) is 0 Å². The highest BCUT2D eigenvalue weighted by Gasteiger charge is 2.11. The molecule has 0 saturated heterocycles. The minimum absolute atomic E-state index is 0.0309. The van der Waals surface area contributed by atoms with E-state index in [4.69, 9.17) is 10.6 Å². The second kappa shape index (κ2) is 6.01. The van der Waals surface area contributed by atoms with Gasteiger partial charge >= 0.3 is 0 Å². The molecule has 0 fully saturated rings. The van der Waals surface area contributed by atoms with Crippen LogP contribution in [-0.2, 0) is 6.73 Å². The lowest BCUT2D eigenvalue weighted by Gasteiger charge is -2.07. The Morgan fingerprint density at radius 2 is 2.29 bits per heavy atom. The number of benzene rings is 1. The molecule has 0 radical (unpaired) electrons. The maximum Gasteiger partial charge on any atom is 0.285 e. The molecular formula is C12H13N5O4. The number of nitrogen functional groups attached to an aromatic ring is 1. The highest BCUT2D eigenvalue weighted by molar-refractivity contribution is 5.91. The van der Waals surface area contributed by atoms with Crippen LogP contribution in [0.25, 0.3) is 0 Å². The van der Waals surface area contributed by atoms with Crippen molar-refractivity contribution in [2.75, 3.05) is 0 Å². The van der Waals surface area contributed by atoms with Gasteiger partial charge in [0.25, 0.3) is 11.6 Å². The molecule has 2 aromatic rings. The van der Waals surface area contributed by atoms with E-state index in [9.17, 15) is 14.9 Å². The molecule has 0 saturated carbocycles. The number of nitrogens with zero attached hydrogens (tertiary/aromatic N) is 3. The summed E-state index contributed by atoms with van der Waals surface area (Å²) < 4.78 is 6.85. The largest absolute Gasteiger partial charge is 0.471 e. The van der Waals surface area contributed by atoms with Crippen molar-refractivity contribution in [2.45, 2.75) is 13.7 Å². The van der Waals surface area contributed by atoms with Crippen molar-refractivity contribution in [1.29, 1.82) is 0 Å². The average Bonchev–Trinajstić information content (AvgIpc) is 2.92. The minimum Gasteiger partial charge on any atom is -0.471 e. The molecule has 0 spiro atoms. The summed E-state index contributed by atoms with van der Waals surface area (Å²) in [6.07, 6.45) is 1.56. The summed E-state index contributed by atoms with van der Waals surface area (Å²) in [5.74, 6) is 4.97. The van der Waals surface area contributed by atoms with Crippen molar-refractivity contribution in [3.63, 3.8) is 0 Å². The Bertz CT molecular complexity index is 682. The second-order valence-electron chi connectivity index (χ2n) is 4.19. The quantitative estimate of drug-likeness (QED) is 0.362. The molecule has 110 valence electrons. The number of hydrogen-bond acceptors (Lipinski definition) is 6. The lowest BCUT2D eigenvalue weighted by molar-refractivity contribution is -0.385. The third-order valence-electron chi connectivity index (χ3n) is 2.73. The highest BCUT2D eigenvalue weighted by Crippen LogP contribution is 2.23. The third-order valence-corrected chi connectivity index (χ3v) is 2.73. The van der Waals surface area contributed by atoms with E-state index in [1.165, 1.54) is 22.9 Å². The van der Waals surface area contributed by atoms with Gasteiger partial charge < -0.3 is 4.74 Å². The fourth-order valence-corrected chi connectivity index (χ4v) is 1.69. The number of nitrogens with one attached hydrogen (secondary N) is 1. The molecule has 0 atom stereocenters. The summed E-state index contributed by atoms with van der Waals surface area (Å²) in [7, 11) is 0. The van der Waals surface area contributed by atoms with E-state index in [0.29, 0.717) is 11.3 Å². The van der Waals surface area contributed by atoms with Crippen LogP contribution < -0.4 is 16.0 Å². The van der Waals surface area contributed by atoms with Crippen LogP contribution in [0.5, 0.6) is 5.75 Å². The van der Waals surface area contributed by atoms with E-state index < -0.39 is 10.8 Å². The van der Waals surface area contributed by atoms with Crippen molar-refractivity contribution < 1.29 is 14.5 Å².